The third kappa shape index (κ3) is 1.55. The van der Waals surface area contributed by atoms with E-state index >= 15 is 0 Å². The number of carbonyl (C=O) groups excluding carboxylic acids is 1. The first-order valence-corrected chi connectivity index (χ1v) is 6.04. The van der Waals surface area contributed by atoms with Crippen molar-refractivity contribution in [2.75, 3.05) is 0 Å². The van der Waals surface area contributed by atoms with Crippen LogP contribution in [0.15, 0.2) is 41.0 Å². The third-order valence-corrected chi connectivity index (χ3v) is 3.59. The van der Waals surface area contributed by atoms with Gasteiger partial charge in [0, 0.05) is 12.1 Å². The summed E-state index contributed by atoms with van der Waals surface area (Å²) in [4.78, 5) is 11.9. The first-order chi connectivity index (χ1) is 8.59. The second-order valence-corrected chi connectivity index (χ2v) is 5.16. The lowest BCUT2D eigenvalue weighted by Crippen LogP contribution is -2.44. The zero-order chi connectivity index (χ0) is 12.8. The van der Waals surface area contributed by atoms with E-state index in [4.69, 9.17) is 4.42 Å². The number of benzene rings is 1. The third-order valence-electron chi connectivity index (χ3n) is 3.59. The van der Waals surface area contributed by atoms with Crippen LogP contribution in [-0.2, 0) is 16.8 Å². The molecule has 1 aromatic carbocycles. The topological polar surface area (TPSA) is 42.2 Å². The first kappa shape index (κ1) is 11.1. The van der Waals surface area contributed by atoms with Gasteiger partial charge in [-0.2, -0.15) is 0 Å². The number of carbonyl (C=O) groups is 1. The van der Waals surface area contributed by atoms with Crippen LogP contribution in [0.25, 0.3) is 11.3 Å². The van der Waals surface area contributed by atoms with Gasteiger partial charge in [-0.1, -0.05) is 12.1 Å². The Morgan fingerprint density at radius 1 is 1.28 bits per heavy atom. The summed E-state index contributed by atoms with van der Waals surface area (Å²) in [7, 11) is 0. The molecule has 3 heteroatoms. The molecule has 3 nitrogen and oxygen atoms in total. The van der Waals surface area contributed by atoms with Crippen LogP contribution in [0, 0.1) is 0 Å². The summed E-state index contributed by atoms with van der Waals surface area (Å²) in [6.45, 7) is 4.49. The molecule has 0 fully saturated rings. The van der Waals surface area contributed by atoms with Crippen molar-refractivity contribution in [3.05, 3.63) is 47.7 Å². The van der Waals surface area contributed by atoms with Gasteiger partial charge in [-0.05, 0) is 43.2 Å². The molecule has 0 bridgehead atoms. The van der Waals surface area contributed by atoms with Crippen molar-refractivity contribution in [2.24, 2.45) is 0 Å². The Balaban J connectivity index is 2.10. The summed E-state index contributed by atoms with van der Waals surface area (Å²) < 4.78 is 5.40. The Bertz CT molecular complexity index is 597. The SMILES string of the molecule is CC1(C)C(=O)NCc2cc(-c3ccco3)ccc21. The molecule has 3 rings (SSSR count). The van der Waals surface area contributed by atoms with Crippen molar-refractivity contribution in [2.45, 2.75) is 25.8 Å². The highest BCUT2D eigenvalue weighted by atomic mass is 16.3. The summed E-state index contributed by atoms with van der Waals surface area (Å²) >= 11 is 0. The Hall–Kier alpha value is -2.03. The average Bonchev–Trinajstić information content (AvgIpc) is 2.88. The molecular formula is C15H15NO2. The van der Waals surface area contributed by atoms with Gasteiger partial charge >= 0.3 is 0 Å². The van der Waals surface area contributed by atoms with E-state index in [-0.39, 0.29) is 5.91 Å². The summed E-state index contributed by atoms with van der Waals surface area (Å²) in [6.07, 6.45) is 1.67. The number of furan rings is 1. The van der Waals surface area contributed by atoms with Gasteiger partial charge in [-0.15, -0.1) is 0 Å². The van der Waals surface area contributed by atoms with E-state index in [0.717, 1.165) is 22.5 Å². The maximum absolute atomic E-state index is 11.9. The van der Waals surface area contributed by atoms with Gasteiger partial charge in [-0.25, -0.2) is 0 Å². The van der Waals surface area contributed by atoms with E-state index in [1.54, 1.807) is 6.26 Å². The number of amides is 1. The van der Waals surface area contributed by atoms with Gasteiger partial charge in [0.25, 0.3) is 0 Å². The van der Waals surface area contributed by atoms with Crippen molar-refractivity contribution in [3.63, 3.8) is 0 Å². The number of hydrogen-bond acceptors (Lipinski definition) is 2. The van der Waals surface area contributed by atoms with Crippen molar-refractivity contribution in [3.8, 4) is 11.3 Å². The zero-order valence-electron chi connectivity index (χ0n) is 10.5. The fraction of sp³-hybridized carbons (Fsp3) is 0.267. The van der Waals surface area contributed by atoms with Crippen LogP contribution in [0.2, 0.25) is 0 Å². The largest absolute Gasteiger partial charge is 0.464 e. The minimum atomic E-state index is -0.463. The Kier molecular flexibility index (Phi) is 2.30. The lowest BCUT2D eigenvalue weighted by Gasteiger charge is -2.31. The lowest BCUT2D eigenvalue weighted by atomic mass is 9.78. The van der Waals surface area contributed by atoms with Crippen LogP contribution >= 0.6 is 0 Å². The molecule has 0 spiro atoms. The normalized spacial score (nSPS) is 17.1. The molecule has 2 heterocycles. The molecule has 18 heavy (non-hydrogen) atoms. The number of rotatable bonds is 1. The van der Waals surface area contributed by atoms with E-state index in [2.05, 4.69) is 11.4 Å². The molecule has 1 aromatic heterocycles. The van der Waals surface area contributed by atoms with Crippen LogP contribution < -0.4 is 5.32 Å². The predicted octanol–water partition coefficient (Wildman–Crippen LogP) is 2.85. The second kappa shape index (κ2) is 3.73. The van der Waals surface area contributed by atoms with Gasteiger partial charge in [0.2, 0.25) is 5.91 Å². The number of hydrogen-bond donors (Lipinski definition) is 1. The molecule has 1 aliphatic heterocycles. The fourth-order valence-corrected chi connectivity index (χ4v) is 2.46. The summed E-state index contributed by atoms with van der Waals surface area (Å²) in [5.74, 6) is 0.938. The predicted molar refractivity (Wildman–Crippen MR) is 69.0 cm³/mol. The maximum atomic E-state index is 11.9. The standard InChI is InChI=1S/C15H15NO2/c1-15(2)12-6-5-10(13-4-3-7-18-13)8-11(12)9-16-14(15)17/h3-8H,9H2,1-2H3,(H,16,17). The van der Waals surface area contributed by atoms with Crippen LogP contribution in [0.3, 0.4) is 0 Å². The van der Waals surface area contributed by atoms with Gasteiger partial charge in [0.05, 0.1) is 11.7 Å². The van der Waals surface area contributed by atoms with E-state index in [9.17, 15) is 4.79 Å². The van der Waals surface area contributed by atoms with E-state index in [1.807, 2.05) is 38.1 Å². The smallest absolute Gasteiger partial charge is 0.230 e. The fourth-order valence-electron chi connectivity index (χ4n) is 2.46. The Morgan fingerprint density at radius 2 is 2.11 bits per heavy atom. The average molecular weight is 241 g/mol. The molecule has 1 N–H and O–H groups in total. The lowest BCUT2D eigenvalue weighted by molar-refractivity contribution is -0.126. The van der Waals surface area contributed by atoms with Gasteiger partial charge < -0.3 is 9.73 Å². The molecule has 0 saturated carbocycles. The highest BCUT2D eigenvalue weighted by Crippen LogP contribution is 2.33. The molecule has 1 aliphatic rings. The van der Waals surface area contributed by atoms with Crippen LogP contribution in [-0.4, -0.2) is 5.91 Å². The molecule has 0 atom stereocenters. The van der Waals surface area contributed by atoms with Crippen molar-refractivity contribution >= 4 is 5.91 Å². The van der Waals surface area contributed by atoms with Crippen molar-refractivity contribution < 1.29 is 9.21 Å². The number of nitrogens with one attached hydrogen (secondary N) is 1. The van der Waals surface area contributed by atoms with E-state index in [0.29, 0.717) is 6.54 Å². The molecule has 92 valence electrons. The van der Waals surface area contributed by atoms with Crippen LogP contribution in [0.4, 0.5) is 0 Å². The Morgan fingerprint density at radius 3 is 2.83 bits per heavy atom. The van der Waals surface area contributed by atoms with Crippen LogP contribution in [0.5, 0.6) is 0 Å². The van der Waals surface area contributed by atoms with E-state index in [1.165, 1.54) is 0 Å². The molecule has 0 unspecified atom stereocenters. The summed E-state index contributed by atoms with van der Waals surface area (Å²) in [5, 5.41) is 2.93. The molecule has 0 saturated heterocycles. The Labute approximate surface area is 106 Å². The minimum Gasteiger partial charge on any atom is -0.464 e. The number of fused-ring (bicyclic) bond motifs is 1. The van der Waals surface area contributed by atoms with Crippen LogP contribution in [0.1, 0.15) is 25.0 Å². The monoisotopic (exact) mass is 241 g/mol. The highest BCUT2D eigenvalue weighted by molar-refractivity contribution is 5.89. The zero-order valence-corrected chi connectivity index (χ0v) is 10.5. The van der Waals surface area contributed by atoms with Crippen molar-refractivity contribution in [1.29, 1.82) is 0 Å². The molecule has 0 radical (unpaired) electrons. The minimum absolute atomic E-state index is 0.0840. The van der Waals surface area contributed by atoms with Gasteiger partial charge in [0.1, 0.15) is 5.76 Å². The van der Waals surface area contributed by atoms with Crippen molar-refractivity contribution in [1.82, 2.24) is 5.32 Å². The molecule has 0 aliphatic carbocycles. The first-order valence-electron chi connectivity index (χ1n) is 6.04. The summed E-state index contributed by atoms with van der Waals surface area (Å²) in [6, 6.07) is 9.95. The highest BCUT2D eigenvalue weighted by Gasteiger charge is 2.35. The van der Waals surface area contributed by atoms with Gasteiger partial charge in [-0.3, -0.25) is 4.79 Å². The molecular weight excluding hydrogens is 226 g/mol. The quantitative estimate of drug-likeness (QED) is 0.834. The second-order valence-electron chi connectivity index (χ2n) is 5.16. The summed E-state index contributed by atoms with van der Waals surface area (Å²) in [5.41, 5.74) is 2.84. The van der Waals surface area contributed by atoms with Gasteiger partial charge in [0.15, 0.2) is 0 Å². The maximum Gasteiger partial charge on any atom is 0.230 e. The molecule has 2 aromatic rings. The van der Waals surface area contributed by atoms with E-state index < -0.39 is 5.41 Å². The molecule has 1 amide bonds.